The molecule has 1 aliphatic heterocycles. The number of aryl methyl sites for hydroxylation is 1. The molecule has 0 saturated heterocycles. The molecule has 9 heteroatoms. The number of nitrogens with zero attached hydrogens (tertiary/aromatic N) is 5. The number of aromatic nitrogens is 4. The summed E-state index contributed by atoms with van der Waals surface area (Å²) in [5.74, 6) is 0.316. The summed E-state index contributed by atoms with van der Waals surface area (Å²) in [4.78, 5) is 36.3. The second kappa shape index (κ2) is 9.34. The molecular formula is C28H24N6O3. The number of carbonyl (C=O) groups excluding carboxylic acids is 2. The first-order valence-corrected chi connectivity index (χ1v) is 12.0. The molecule has 6 rings (SSSR count). The number of rotatable bonds is 5. The largest absolute Gasteiger partial charge is 0.441 e. The first-order valence-electron chi connectivity index (χ1n) is 12.0. The number of oxazole rings is 1. The molecule has 0 unspecified atom stereocenters. The molecule has 37 heavy (non-hydrogen) atoms. The molecule has 5 aromatic rings. The molecule has 0 saturated carbocycles. The zero-order valence-electron chi connectivity index (χ0n) is 20.2. The van der Waals surface area contributed by atoms with Crippen LogP contribution in [0, 0.1) is 6.92 Å². The van der Waals surface area contributed by atoms with Crippen LogP contribution < -0.4 is 5.32 Å². The van der Waals surface area contributed by atoms with Gasteiger partial charge < -0.3 is 14.6 Å². The van der Waals surface area contributed by atoms with E-state index in [2.05, 4.69) is 20.4 Å². The SMILES string of the molecule is Cc1nc2cc(C(=O)N3CCc4ccc(C(=O)Nc5ccc(Cn6cncn6)cc5)cc4C3)ccc2o1. The van der Waals surface area contributed by atoms with Gasteiger partial charge in [-0.2, -0.15) is 5.10 Å². The quantitative estimate of drug-likeness (QED) is 0.394. The molecule has 2 amide bonds. The highest BCUT2D eigenvalue weighted by atomic mass is 16.3. The lowest BCUT2D eigenvalue weighted by Gasteiger charge is -2.29. The molecule has 0 bridgehead atoms. The van der Waals surface area contributed by atoms with Crippen LogP contribution in [-0.2, 0) is 19.5 Å². The lowest BCUT2D eigenvalue weighted by atomic mass is 9.96. The Morgan fingerprint density at radius 2 is 1.84 bits per heavy atom. The van der Waals surface area contributed by atoms with Gasteiger partial charge in [-0.1, -0.05) is 18.2 Å². The Morgan fingerprint density at radius 3 is 2.65 bits per heavy atom. The highest BCUT2D eigenvalue weighted by Gasteiger charge is 2.23. The lowest BCUT2D eigenvalue weighted by molar-refractivity contribution is 0.0735. The first kappa shape index (κ1) is 22.7. The Labute approximate surface area is 212 Å². The number of amides is 2. The van der Waals surface area contributed by atoms with E-state index in [4.69, 9.17) is 4.42 Å². The Kier molecular flexibility index (Phi) is 5.72. The summed E-state index contributed by atoms with van der Waals surface area (Å²) < 4.78 is 7.26. The van der Waals surface area contributed by atoms with Gasteiger partial charge in [0.1, 0.15) is 18.2 Å². The number of nitrogens with one attached hydrogen (secondary N) is 1. The van der Waals surface area contributed by atoms with Crippen LogP contribution in [0.5, 0.6) is 0 Å². The molecule has 0 aliphatic carbocycles. The van der Waals surface area contributed by atoms with Crippen molar-refractivity contribution in [1.29, 1.82) is 0 Å². The van der Waals surface area contributed by atoms with Gasteiger partial charge in [0.05, 0.1) is 6.54 Å². The van der Waals surface area contributed by atoms with Gasteiger partial charge >= 0.3 is 0 Å². The third-order valence-electron chi connectivity index (χ3n) is 6.53. The van der Waals surface area contributed by atoms with Crippen molar-refractivity contribution in [2.45, 2.75) is 26.4 Å². The fourth-order valence-electron chi connectivity index (χ4n) is 4.63. The molecule has 1 N–H and O–H groups in total. The van der Waals surface area contributed by atoms with Crippen molar-refractivity contribution in [1.82, 2.24) is 24.6 Å². The van der Waals surface area contributed by atoms with Crippen LogP contribution in [-0.4, -0.2) is 43.0 Å². The van der Waals surface area contributed by atoms with Crippen LogP contribution >= 0.6 is 0 Å². The van der Waals surface area contributed by atoms with E-state index in [9.17, 15) is 9.59 Å². The fraction of sp³-hybridized carbons (Fsp3) is 0.179. The van der Waals surface area contributed by atoms with Gasteiger partial charge in [-0.05, 0) is 65.6 Å². The maximum absolute atomic E-state index is 13.2. The van der Waals surface area contributed by atoms with E-state index >= 15 is 0 Å². The van der Waals surface area contributed by atoms with Crippen molar-refractivity contribution in [3.63, 3.8) is 0 Å². The van der Waals surface area contributed by atoms with Crippen LogP contribution in [0.4, 0.5) is 5.69 Å². The lowest BCUT2D eigenvalue weighted by Crippen LogP contribution is -2.36. The highest BCUT2D eigenvalue weighted by molar-refractivity contribution is 6.04. The van der Waals surface area contributed by atoms with Crippen molar-refractivity contribution < 1.29 is 14.0 Å². The topological polar surface area (TPSA) is 106 Å². The van der Waals surface area contributed by atoms with Crippen molar-refractivity contribution in [3.05, 3.63) is 107 Å². The molecule has 0 atom stereocenters. The molecule has 9 nitrogen and oxygen atoms in total. The average molecular weight is 493 g/mol. The van der Waals surface area contributed by atoms with E-state index in [1.165, 1.54) is 6.33 Å². The minimum atomic E-state index is -0.192. The molecule has 1 aliphatic rings. The first-order chi connectivity index (χ1) is 18.0. The fourth-order valence-corrected chi connectivity index (χ4v) is 4.63. The van der Waals surface area contributed by atoms with Gasteiger partial charge in [0, 0.05) is 36.8 Å². The van der Waals surface area contributed by atoms with Crippen LogP contribution in [0.1, 0.15) is 43.3 Å². The monoisotopic (exact) mass is 492 g/mol. The van der Waals surface area contributed by atoms with E-state index in [1.54, 1.807) is 36.1 Å². The normalized spacial score (nSPS) is 12.9. The summed E-state index contributed by atoms with van der Waals surface area (Å²) in [6.45, 7) is 3.46. The molecule has 3 aromatic carbocycles. The van der Waals surface area contributed by atoms with Crippen molar-refractivity contribution in [3.8, 4) is 0 Å². The Bertz CT molecular complexity index is 1610. The summed E-state index contributed by atoms with van der Waals surface area (Å²) in [5, 5.41) is 7.07. The number of hydrogen-bond donors (Lipinski definition) is 1. The Morgan fingerprint density at radius 1 is 1.00 bits per heavy atom. The van der Waals surface area contributed by atoms with Gasteiger partial charge in [-0.15, -0.1) is 0 Å². The Hall–Kier alpha value is -4.79. The van der Waals surface area contributed by atoms with Crippen molar-refractivity contribution in [2.75, 3.05) is 11.9 Å². The van der Waals surface area contributed by atoms with Crippen molar-refractivity contribution >= 4 is 28.6 Å². The summed E-state index contributed by atoms with van der Waals surface area (Å²) in [6.07, 6.45) is 3.90. The molecule has 0 spiro atoms. The van der Waals surface area contributed by atoms with E-state index in [-0.39, 0.29) is 11.8 Å². The van der Waals surface area contributed by atoms with Crippen LogP contribution in [0.15, 0.2) is 77.7 Å². The van der Waals surface area contributed by atoms with Gasteiger partial charge in [0.2, 0.25) is 0 Å². The third kappa shape index (κ3) is 4.71. The maximum Gasteiger partial charge on any atom is 0.255 e. The second-order valence-electron chi connectivity index (χ2n) is 9.12. The van der Waals surface area contributed by atoms with E-state index < -0.39 is 0 Å². The number of fused-ring (bicyclic) bond motifs is 2. The predicted molar refractivity (Wildman–Crippen MR) is 137 cm³/mol. The van der Waals surface area contributed by atoms with Crippen LogP contribution in [0.3, 0.4) is 0 Å². The number of carbonyl (C=O) groups is 2. The predicted octanol–water partition coefficient (Wildman–Crippen LogP) is 4.23. The summed E-state index contributed by atoms with van der Waals surface area (Å²) in [6, 6.07) is 18.7. The van der Waals surface area contributed by atoms with Gasteiger partial charge in [-0.25, -0.2) is 14.6 Å². The molecule has 2 aromatic heterocycles. The molecular weight excluding hydrogens is 468 g/mol. The van der Waals surface area contributed by atoms with Crippen LogP contribution in [0.25, 0.3) is 11.1 Å². The molecule has 0 radical (unpaired) electrons. The molecule has 0 fully saturated rings. The average Bonchev–Trinajstić information content (AvgIpc) is 3.56. The summed E-state index contributed by atoms with van der Waals surface area (Å²) in [5.41, 5.74) is 6.36. The number of benzene rings is 3. The van der Waals surface area contributed by atoms with E-state index in [0.29, 0.717) is 53.4 Å². The smallest absolute Gasteiger partial charge is 0.255 e. The minimum Gasteiger partial charge on any atom is -0.441 e. The van der Waals surface area contributed by atoms with E-state index in [0.717, 1.165) is 23.1 Å². The van der Waals surface area contributed by atoms with Gasteiger partial charge in [0.15, 0.2) is 11.5 Å². The summed E-state index contributed by atoms with van der Waals surface area (Å²) >= 11 is 0. The number of anilines is 1. The van der Waals surface area contributed by atoms with Gasteiger partial charge in [0.25, 0.3) is 11.8 Å². The second-order valence-corrected chi connectivity index (χ2v) is 9.12. The maximum atomic E-state index is 13.2. The minimum absolute atomic E-state index is 0.0611. The third-order valence-corrected chi connectivity index (χ3v) is 6.53. The van der Waals surface area contributed by atoms with E-state index in [1.807, 2.05) is 47.4 Å². The zero-order valence-corrected chi connectivity index (χ0v) is 20.2. The van der Waals surface area contributed by atoms with Crippen molar-refractivity contribution in [2.24, 2.45) is 0 Å². The Balaban J connectivity index is 1.14. The number of hydrogen-bond acceptors (Lipinski definition) is 6. The highest BCUT2D eigenvalue weighted by Crippen LogP contribution is 2.24. The van der Waals surface area contributed by atoms with Crippen LogP contribution in [0.2, 0.25) is 0 Å². The standard InChI is InChI=1S/C28H24N6O3/c1-18-31-25-13-22(6-9-26(25)37-18)28(36)33-11-10-20-4-5-21(12-23(20)15-33)27(35)32-24-7-2-19(3-8-24)14-34-17-29-16-30-34/h2-9,12-13,16-17H,10-11,14-15H2,1H3,(H,32,35). The van der Waals surface area contributed by atoms with Gasteiger partial charge in [-0.3, -0.25) is 9.59 Å². The zero-order chi connectivity index (χ0) is 25.4. The molecule has 3 heterocycles. The molecule has 184 valence electrons. The summed E-state index contributed by atoms with van der Waals surface area (Å²) in [7, 11) is 0.